The molecule has 1 unspecified atom stereocenters. The number of aliphatic hydroxyl groups excluding tert-OH is 4. The smallest absolute Gasteiger partial charge is 0.469 e. The maximum absolute atomic E-state index is 10.7. The van der Waals surface area contributed by atoms with Gasteiger partial charge in [0.1, 0.15) is 31.0 Å². The molecule has 15 heteroatoms. The molecule has 11 N–H and O–H groups in total. The van der Waals surface area contributed by atoms with Crippen LogP contribution in [-0.2, 0) is 23.5 Å². The minimum atomic E-state index is -4.81. The topological polar surface area (TPSA) is 271 Å². The number of hydrogen-bond donors (Lipinski definition) is 9. The average molecular weight is 406 g/mol. The molecule has 4 atom stereocenters. The van der Waals surface area contributed by atoms with Gasteiger partial charge in [-0.1, -0.05) is 0 Å². The van der Waals surface area contributed by atoms with Gasteiger partial charge in [0.25, 0.3) is 0 Å². The molecule has 0 saturated heterocycles. The molecule has 0 aromatic carbocycles. The molecule has 0 spiro atoms. The van der Waals surface area contributed by atoms with Gasteiger partial charge in [-0.3, -0.25) is 18.9 Å². The molecular weight excluding hydrogens is 383 g/mol. The van der Waals surface area contributed by atoms with Crippen molar-refractivity contribution in [1.29, 1.82) is 0 Å². The van der Waals surface area contributed by atoms with Crippen molar-refractivity contribution >= 4 is 25.5 Å². The lowest BCUT2D eigenvalue weighted by atomic mass is 10.1. The number of ketones is 1. The van der Waals surface area contributed by atoms with Crippen LogP contribution >= 0.6 is 7.82 Å². The number of phosphoric ester groups is 1. The summed E-state index contributed by atoms with van der Waals surface area (Å²) < 4.78 is 14.1. The predicted molar refractivity (Wildman–Crippen MR) is 82.1 cm³/mol. The molecule has 0 aliphatic heterocycles. The zero-order valence-corrected chi connectivity index (χ0v) is 14.3. The first-order valence-electron chi connectivity index (χ1n) is 6.87. The fourth-order valence-electron chi connectivity index (χ4n) is 1.19. The minimum absolute atomic E-state index is 0.0213. The third-order valence-corrected chi connectivity index (χ3v) is 3.12. The summed E-state index contributed by atoms with van der Waals surface area (Å²) in [5, 5.41) is 43.8. The number of carbonyl (C=O) groups is 3. The van der Waals surface area contributed by atoms with Crippen LogP contribution in [0.3, 0.4) is 0 Å². The summed E-state index contributed by atoms with van der Waals surface area (Å²) in [7, 11) is -4.81. The number of carboxylic acid groups (broad SMARTS) is 1. The first-order chi connectivity index (χ1) is 11.7. The summed E-state index contributed by atoms with van der Waals surface area (Å²) in [6.45, 7) is -2.01. The van der Waals surface area contributed by atoms with Gasteiger partial charge < -0.3 is 46.8 Å². The number of nitrogens with two attached hydrogens (primary N) is 2. The number of Topliss-reactive ketones (excluding diaryl/α,β-unsaturated/α-hetero) is 1. The average Bonchev–Trinajstić information content (AvgIpc) is 2.54. The van der Waals surface area contributed by atoms with E-state index in [9.17, 15) is 18.9 Å². The fraction of sp³-hybridized carbons (Fsp3) is 0.727. The molecule has 14 nitrogen and oxygen atoms in total. The highest BCUT2D eigenvalue weighted by Gasteiger charge is 2.31. The molecule has 154 valence electrons. The molecule has 26 heavy (non-hydrogen) atoms. The highest BCUT2D eigenvalue weighted by molar-refractivity contribution is 7.46. The number of aliphatic hydroxyl groups is 4. The van der Waals surface area contributed by atoms with Crippen molar-refractivity contribution in [1.82, 2.24) is 0 Å². The van der Waals surface area contributed by atoms with E-state index in [1.165, 1.54) is 0 Å². The van der Waals surface area contributed by atoms with E-state index in [1.807, 2.05) is 0 Å². The lowest BCUT2D eigenvalue weighted by Gasteiger charge is -2.21. The molecule has 0 fully saturated rings. The van der Waals surface area contributed by atoms with Crippen LogP contribution in [0.4, 0.5) is 0 Å². The second-order valence-corrected chi connectivity index (χ2v) is 6.10. The number of amides is 1. The van der Waals surface area contributed by atoms with Crippen LogP contribution in [0.5, 0.6) is 0 Å². The van der Waals surface area contributed by atoms with Gasteiger partial charge in [0, 0.05) is 6.42 Å². The Labute approximate surface area is 147 Å². The normalized spacial score (nSPS) is 15.8. The number of carbonyl (C=O) groups excluding carboxylic acids is 2. The Morgan fingerprint density at radius 1 is 1.12 bits per heavy atom. The Balaban J connectivity index is 0. The lowest BCUT2D eigenvalue weighted by molar-refractivity contribution is -0.142. The summed E-state index contributed by atoms with van der Waals surface area (Å²) in [6.07, 6.45) is -5.82. The van der Waals surface area contributed by atoms with E-state index < -0.39 is 63.0 Å². The number of hydrogen-bond acceptors (Lipinski definition) is 10. The number of aliphatic carboxylic acids is 1. The molecule has 0 radical (unpaired) electrons. The van der Waals surface area contributed by atoms with Crippen LogP contribution < -0.4 is 11.5 Å². The summed E-state index contributed by atoms with van der Waals surface area (Å²) in [5.41, 5.74) is 9.81. The van der Waals surface area contributed by atoms with Crippen molar-refractivity contribution < 1.29 is 58.8 Å². The first kappa shape index (κ1) is 26.7. The van der Waals surface area contributed by atoms with E-state index in [0.717, 1.165) is 0 Å². The Morgan fingerprint density at radius 3 is 1.96 bits per heavy atom. The van der Waals surface area contributed by atoms with Crippen molar-refractivity contribution in [2.24, 2.45) is 11.5 Å². The van der Waals surface area contributed by atoms with Gasteiger partial charge in [0.15, 0.2) is 5.78 Å². The van der Waals surface area contributed by atoms with Crippen LogP contribution in [-0.4, -0.2) is 90.5 Å². The van der Waals surface area contributed by atoms with Crippen molar-refractivity contribution in [2.75, 3.05) is 13.2 Å². The third-order valence-electron chi connectivity index (χ3n) is 2.64. The fourth-order valence-corrected chi connectivity index (χ4v) is 1.53. The van der Waals surface area contributed by atoms with Gasteiger partial charge in [-0.15, -0.1) is 0 Å². The zero-order valence-electron chi connectivity index (χ0n) is 13.4. The molecule has 0 bridgehead atoms. The first-order valence-corrected chi connectivity index (χ1v) is 8.40. The zero-order chi connectivity index (χ0) is 21.1. The van der Waals surface area contributed by atoms with Crippen LogP contribution in [0.25, 0.3) is 0 Å². The van der Waals surface area contributed by atoms with E-state index in [1.54, 1.807) is 0 Å². The SMILES string of the molecule is NC(=O)CCC(N)C(=O)O.O=C(CO)[C@@H](O)[C@H](O)[C@H](O)COP(=O)(O)O. The number of phosphoric acid groups is 1. The monoisotopic (exact) mass is 406 g/mol. The second-order valence-electron chi connectivity index (χ2n) is 4.86. The van der Waals surface area contributed by atoms with Crippen molar-refractivity contribution in [3.63, 3.8) is 0 Å². The summed E-state index contributed by atoms with van der Waals surface area (Å²) in [6, 6.07) is -0.979. The van der Waals surface area contributed by atoms with E-state index >= 15 is 0 Å². The van der Waals surface area contributed by atoms with Gasteiger partial charge in [-0.05, 0) is 6.42 Å². The van der Waals surface area contributed by atoms with Crippen molar-refractivity contribution in [3.05, 3.63) is 0 Å². The second kappa shape index (κ2) is 12.8. The Kier molecular flexibility index (Phi) is 13.2. The number of carboxylic acids is 1. The van der Waals surface area contributed by atoms with Gasteiger partial charge in [0.2, 0.25) is 5.91 Å². The molecule has 0 aliphatic rings. The highest BCUT2D eigenvalue weighted by Crippen LogP contribution is 2.35. The van der Waals surface area contributed by atoms with Crippen LogP contribution in [0.1, 0.15) is 12.8 Å². The summed E-state index contributed by atoms with van der Waals surface area (Å²) in [4.78, 5) is 47.4. The quantitative estimate of drug-likeness (QED) is 0.146. The maximum Gasteiger partial charge on any atom is 0.469 e. The Bertz CT molecular complexity index is 509. The van der Waals surface area contributed by atoms with Crippen molar-refractivity contribution in [3.8, 4) is 0 Å². The maximum atomic E-state index is 10.7. The molecule has 1 amide bonds. The molecule has 0 heterocycles. The number of primary amides is 1. The van der Waals surface area contributed by atoms with Gasteiger partial charge >= 0.3 is 13.8 Å². The van der Waals surface area contributed by atoms with E-state index in [-0.39, 0.29) is 12.8 Å². The van der Waals surface area contributed by atoms with Gasteiger partial charge in [-0.25, -0.2) is 4.57 Å². The van der Waals surface area contributed by atoms with Crippen LogP contribution in [0.15, 0.2) is 0 Å². The third kappa shape index (κ3) is 13.8. The lowest BCUT2D eigenvalue weighted by Crippen LogP contribution is -2.45. The molecule has 0 aliphatic carbocycles. The molecule has 0 aromatic heterocycles. The number of rotatable bonds is 11. The van der Waals surface area contributed by atoms with E-state index in [0.29, 0.717) is 0 Å². The highest BCUT2D eigenvalue weighted by atomic mass is 31.2. The van der Waals surface area contributed by atoms with Crippen LogP contribution in [0.2, 0.25) is 0 Å². The van der Waals surface area contributed by atoms with Crippen LogP contribution in [0, 0.1) is 0 Å². The molecule has 0 saturated carbocycles. The molecule has 0 aromatic rings. The van der Waals surface area contributed by atoms with E-state index in [2.05, 4.69) is 4.52 Å². The largest absolute Gasteiger partial charge is 0.480 e. The molecule has 0 rings (SSSR count). The predicted octanol–water partition coefficient (Wildman–Crippen LogP) is -4.60. The van der Waals surface area contributed by atoms with Gasteiger partial charge in [-0.2, -0.15) is 0 Å². The van der Waals surface area contributed by atoms with Gasteiger partial charge in [0.05, 0.1) is 6.61 Å². The molecular formula is C11H23N2O12P. The minimum Gasteiger partial charge on any atom is -0.480 e. The Hall–Kier alpha value is -1.48. The Morgan fingerprint density at radius 2 is 1.62 bits per heavy atom. The van der Waals surface area contributed by atoms with Crippen molar-refractivity contribution in [2.45, 2.75) is 37.2 Å². The summed E-state index contributed by atoms with van der Waals surface area (Å²) in [5.74, 6) is -2.78. The standard InChI is InChI=1S/C6H13O9P.C5H10N2O3/c7-1-3(8)5(10)6(11)4(9)2-15-16(12,13)14;6-3(5(9)10)1-2-4(7)8/h4-7,9-11H,1-2H2,(H2,12,13,14);3H,1-2,6H2,(H2,7,8)(H,9,10)/t4-,5-,6-;/m1./s1. The van der Waals surface area contributed by atoms with E-state index in [4.69, 9.17) is 46.8 Å². The summed E-state index contributed by atoms with van der Waals surface area (Å²) >= 11 is 0.